The predicted octanol–water partition coefficient (Wildman–Crippen LogP) is 3.52. The van der Waals surface area contributed by atoms with Gasteiger partial charge in [-0.3, -0.25) is 0 Å². The largest absolute Gasteiger partial charge is 0.490 e. The van der Waals surface area contributed by atoms with Gasteiger partial charge in [0.15, 0.2) is 0 Å². The standard InChI is InChI=1S/C16H24ClNO2/c1-12(2)18-10-13-14(17)6-5-7-15(13)20-11-16(19)8-3-4-9-16/h5-7,12,18-19H,3-4,8-11H2,1-2H3. The van der Waals surface area contributed by atoms with Crippen molar-refractivity contribution in [2.75, 3.05) is 6.61 Å². The van der Waals surface area contributed by atoms with Crippen LogP contribution in [0.15, 0.2) is 18.2 Å². The van der Waals surface area contributed by atoms with Crippen molar-refractivity contribution in [1.82, 2.24) is 5.32 Å². The highest BCUT2D eigenvalue weighted by Gasteiger charge is 2.32. The average molecular weight is 298 g/mol. The quantitative estimate of drug-likeness (QED) is 0.844. The third-order valence-electron chi connectivity index (χ3n) is 3.79. The van der Waals surface area contributed by atoms with Crippen molar-refractivity contribution in [1.29, 1.82) is 0 Å². The zero-order valence-electron chi connectivity index (χ0n) is 12.3. The van der Waals surface area contributed by atoms with Crippen LogP contribution in [0.4, 0.5) is 0 Å². The SMILES string of the molecule is CC(C)NCc1c(Cl)cccc1OCC1(O)CCCC1. The van der Waals surface area contributed by atoms with E-state index in [0.717, 1.165) is 37.0 Å². The highest BCUT2D eigenvalue weighted by molar-refractivity contribution is 6.31. The van der Waals surface area contributed by atoms with Crippen LogP contribution in [-0.4, -0.2) is 23.4 Å². The molecular formula is C16H24ClNO2. The molecule has 1 aliphatic rings. The summed E-state index contributed by atoms with van der Waals surface area (Å²) in [5, 5.41) is 14.4. The van der Waals surface area contributed by atoms with Gasteiger partial charge in [-0.05, 0) is 25.0 Å². The van der Waals surface area contributed by atoms with Crippen LogP contribution < -0.4 is 10.1 Å². The highest BCUT2D eigenvalue weighted by Crippen LogP contribution is 2.32. The predicted molar refractivity (Wildman–Crippen MR) is 82.3 cm³/mol. The Bertz CT molecular complexity index is 442. The van der Waals surface area contributed by atoms with Gasteiger partial charge in [0.2, 0.25) is 0 Å². The molecule has 0 amide bonds. The number of halogens is 1. The average Bonchev–Trinajstić information content (AvgIpc) is 2.82. The summed E-state index contributed by atoms with van der Waals surface area (Å²) in [6, 6.07) is 6.06. The summed E-state index contributed by atoms with van der Waals surface area (Å²) in [7, 11) is 0. The third kappa shape index (κ3) is 4.11. The summed E-state index contributed by atoms with van der Waals surface area (Å²) < 4.78 is 5.86. The lowest BCUT2D eigenvalue weighted by Crippen LogP contribution is -2.32. The van der Waals surface area contributed by atoms with E-state index in [9.17, 15) is 5.11 Å². The molecule has 0 atom stereocenters. The Morgan fingerprint density at radius 3 is 2.70 bits per heavy atom. The van der Waals surface area contributed by atoms with Gasteiger partial charge in [-0.1, -0.05) is 44.4 Å². The van der Waals surface area contributed by atoms with Gasteiger partial charge >= 0.3 is 0 Å². The monoisotopic (exact) mass is 297 g/mol. The molecule has 0 unspecified atom stereocenters. The number of benzene rings is 1. The van der Waals surface area contributed by atoms with Crippen molar-refractivity contribution < 1.29 is 9.84 Å². The maximum absolute atomic E-state index is 10.4. The van der Waals surface area contributed by atoms with Gasteiger partial charge in [0.05, 0.1) is 5.60 Å². The molecular weight excluding hydrogens is 274 g/mol. The Hall–Kier alpha value is -0.770. The Labute approximate surface area is 126 Å². The van der Waals surface area contributed by atoms with Crippen LogP contribution in [-0.2, 0) is 6.54 Å². The summed E-state index contributed by atoms with van der Waals surface area (Å²) in [6.07, 6.45) is 3.81. The lowest BCUT2D eigenvalue weighted by molar-refractivity contribution is 0.00111. The molecule has 0 saturated heterocycles. The van der Waals surface area contributed by atoms with Crippen molar-refractivity contribution in [3.63, 3.8) is 0 Å². The number of hydrogen-bond acceptors (Lipinski definition) is 3. The fraction of sp³-hybridized carbons (Fsp3) is 0.625. The first-order valence-corrected chi connectivity index (χ1v) is 7.74. The van der Waals surface area contributed by atoms with Gasteiger partial charge in [0.1, 0.15) is 12.4 Å². The third-order valence-corrected chi connectivity index (χ3v) is 4.15. The normalized spacial score (nSPS) is 17.6. The van der Waals surface area contributed by atoms with Crippen LogP contribution in [0.1, 0.15) is 45.1 Å². The summed E-state index contributed by atoms with van der Waals surface area (Å²) >= 11 is 6.26. The zero-order chi connectivity index (χ0) is 14.6. The number of hydrogen-bond donors (Lipinski definition) is 2. The van der Waals surface area contributed by atoms with E-state index in [1.807, 2.05) is 18.2 Å². The van der Waals surface area contributed by atoms with Gasteiger partial charge < -0.3 is 15.2 Å². The summed E-state index contributed by atoms with van der Waals surface area (Å²) in [5.41, 5.74) is 0.301. The molecule has 0 aliphatic heterocycles. The number of rotatable bonds is 6. The Kier molecular flexibility index (Phi) is 5.30. The highest BCUT2D eigenvalue weighted by atomic mass is 35.5. The second-order valence-corrected chi connectivity index (χ2v) is 6.38. The van der Waals surface area contributed by atoms with E-state index in [0.29, 0.717) is 24.2 Å². The topological polar surface area (TPSA) is 41.5 Å². The molecule has 2 N–H and O–H groups in total. The van der Waals surface area contributed by atoms with Crippen molar-refractivity contribution in [2.45, 2.75) is 57.7 Å². The van der Waals surface area contributed by atoms with E-state index >= 15 is 0 Å². The smallest absolute Gasteiger partial charge is 0.125 e. The molecule has 1 aromatic rings. The van der Waals surface area contributed by atoms with Gasteiger partial charge in [0, 0.05) is 23.2 Å². The maximum atomic E-state index is 10.4. The lowest BCUT2D eigenvalue weighted by Gasteiger charge is -2.23. The van der Waals surface area contributed by atoms with Crippen LogP contribution in [0.5, 0.6) is 5.75 Å². The zero-order valence-corrected chi connectivity index (χ0v) is 13.0. The van der Waals surface area contributed by atoms with Crippen molar-refractivity contribution in [2.24, 2.45) is 0 Å². The van der Waals surface area contributed by atoms with Crippen molar-refractivity contribution in [3.05, 3.63) is 28.8 Å². The van der Waals surface area contributed by atoms with Crippen LogP contribution in [0, 0.1) is 0 Å². The van der Waals surface area contributed by atoms with Gasteiger partial charge in [-0.25, -0.2) is 0 Å². The molecule has 2 rings (SSSR count). The number of nitrogens with one attached hydrogen (secondary N) is 1. The molecule has 3 nitrogen and oxygen atoms in total. The minimum absolute atomic E-state index is 0.349. The van der Waals surface area contributed by atoms with E-state index in [-0.39, 0.29) is 0 Å². The Balaban J connectivity index is 2.04. The molecule has 0 radical (unpaired) electrons. The van der Waals surface area contributed by atoms with Crippen molar-refractivity contribution in [3.8, 4) is 5.75 Å². The minimum atomic E-state index is -0.662. The first-order valence-electron chi connectivity index (χ1n) is 7.36. The molecule has 0 bridgehead atoms. The molecule has 0 spiro atoms. The second-order valence-electron chi connectivity index (χ2n) is 5.97. The van der Waals surface area contributed by atoms with E-state index in [4.69, 9.17) is 16.3 Å². The van der Waals surface area contributed by atoms with Gasteiger partial charge in [-0.2, -0.15) is 0 Å². The first kappa shape index (κ1) is 15.6. The molecule has 0 aromatic heterocycles. The van der Waals surface area contributed by atoms with Gasteiger partial charge in [-0.15, -0.1) is 0 Å². The second kappa shape index (κ2) is 6.79. The lowest BCUT2D eigenvalue weighted by atomic mass is 10.0. The molecule has 1 aromatic carbocycles. The molecule has 1 aliphatic carbocycles. The summed E-state index contributed by atoms with van der Waals surface area (Å²) in [6.45, 7) is 5.21. The van der Waals surface area contributed by atoms with E-state index in [1.165, 1.54) is 0 Å². The Morgan fingerprint density at radius 1 is 1.35 bits per heavy atom. The molecule has 1 saturated carbocycles. The first-order chi connectivity index (χ1) is 9.50. The molecule has 1 fully saturated rings. The Morgan fingerprint density at radius 2 is 2.05 bits per heavy atom. The number of ether oxygens (including phenoxy) is 1. The molecule has 112 valence electrons. The summed E-state index contributed by atoms with van der Waals surface area (Å²) in [4.78, 5) is 0. The number of aliphatic hydroxyl groups is 1. The fourth-order valence-corrected chi connectivity index (χ4v) is 2.77. The molecule has 4 heteroatoms. The van der Waals surface area contributed by atoms with E-state index in [2.05, 4.69) is 19.2 Å². The summed E-state index contributed by atoms with van der Waals surface area (Å²) in [5.74, 6) is 0.769. The van der Waals surface area contributed by atoms with E-state index in [1.54, 1.807) is 0 Å². The maximum Gasteiger partial charge on any atom is 0.125 e. The van der Waals surface area contributed by atoms with Gasteiger partial charge in [0.25, 0.3) is 0 Å². The van der Waals surface area contributed by atoms with Crippen LogP contribution in [0.25, 0.3) is 0 Å². The molecule has 20 heavy (non-hydrogen) atoms. The van der Waals surface area contributed by atoms with Crippen molar-refractivity contribution >= 4 is 11.6 Å². The minimum Gasteiger partial charge on any atom is -0.490 e. The van der Waals surface area contributed by atoms with Crippen LogP contribution >= 0.6 is 11.6 Å². The fourth-order valence-electron chi connectivity index (χ4n) is 2.54. The molecule has 0 heterocycles. The van der Waals surface area contributed by atoms with Crippen LogP contribution in [0.3, 0.4) is 0 Å². The van der Waals surface area contributed by atoms with E-state index < -0.39 is 5.60 Å². The van der Waals surface area contributed by atoms with Crippen LogP contribution in [0.2, 0.25) is 5.02 Å².